The van der Waals surface area contributed by atoms with Crippen molar-refractivity contribution in [2.45, 2.75) is 51.0 Å². The maximum atomic E-state index is 12.6. The number of aromatic nitrogens is 3. The number of para-hydroxylation sites is 1. The number of carbonyl (C=O) groups is 1. The molecule has 1 unspecified atom stereocenters. The number of carbonyl (C=O) groups excluding carboxylic acids is 1. The van der Waals surface area contributed by atoms with Crippen molar-refractivity contribution in [3.8, 4) is 5.69 Å². The van der Waals surface area contributed by atoms with Gasteiger partial charge in [0.05, 0.1) is 10.7 Å². The van der Waals surface area contributed by atoms with Crippen molar-refractivity contribution < 1.29 is 4.79 Å². The van der Waals surface area contributed by atoms with Gasteiger partial charge < -0.3 is 11.1 Å². The summed E-state index contributed by atoms with van der Waals surface area (Å²) in [5, 5.41) is 7.97. The summed E-state index contributed by atoms with van der Waals surface area (Å²) in [4.78, 5) is 17.1. The van der Waals surface area contributed by atoms with E-state index >= 15 is 0 Å². The Labute approximate surface area is 164 Å². The summed E-state index contributed by atoms with van der Waals surface area (Å²) in [6.45, 7) is 2.52. The molecule has 0 radical (unpaired) electrons. The third-order valence-electron chi connectivity index (χ3n) is 4.38. The first-order chi connectivity index (χ1) is 12.1. The third kappa shape index (κ3) is 4.75. The summed E-state index contributed by atoms with van der Waals surface area (Å²) in [5.41, 5.74) is 6.52. The van der Waals surface area contributed by atoms with Crippen LogP contribution in [0, 0.1) is 0 Å². The third-order valence-corrected chi connectivity index (χ3v) is 4.70. The van der Waals surface area contributed by atoms with E-state index in [1.165, 1.54) is 0 Å². The van der Waals surface area contributed by atoms with Crippen molar-refractivity contribution in [1.29, 1.82) is 0 Å². The molecule has 0 spiro atoms. The molecule has 6 nitrogen and oxygen atoms in total. The van der Waals surface area contributed by atoms with Crippen LogP contribution in [0.25, 0.3) is 5.69 Å². The highest BCUT2D eigenvalue weighted by molar-refractivity contribution is 6.32. The van der Waals surface area contributed by atoms with Crippen molar-refractivity contribution in [3.63, 3.8) is 0 Å². The van der Waals surface area contributed by atoms with E-state index in [1.807, 2.05) is 24.3 Å². The number of nitrogens with zero attached hydrogens (tertiary/aromatic N) is 3. The lowest BCUT2D eigenvalue weighted by Crippen LogP contribution is -2.40. The Morgan fingerprint density at radius 2 is 2.15 bits per heavy atom. The van der Waals surface area contributed by atoms with Crippen molar-refractivity contribution in [3.05, 3.63) is 40.9 Å². The van der Waals surface area contributed by atoms with Gasteiger partial charge in [0, 0.05) is 18.5 Å². The highest BCUT2D eigenvalue weighted by Crippen LogP contribution is 2.40. The fourth-order valence-corrected chi connectivity index (χ4v) is 2.99. The van der Waals surface area contributed by atoms with Crippen molar-refractivity contribution in [2.24, 2.45) is 5.73 Å². The fraction of sp³-hybridized carbons (Fsp3) is 0.500. The number of hydrogen-bond donors (Lipinski definition) is 2. The van der Waals surface area contributed by atoms with Crippen LogP contribution in [0.3, 0.4) is 0 Å². The number of nitrogens with one attached hydrogen (secondary N) is 1. The second kappa shape index (κ2) is 9.35. The van der Waals surface area contributed by atoms with Crippen LogP contribution in [-0.2, 0) is 0 Å². The summed E-state index contributed by atoms with van der Waals surface area (Å²) in [5.74, 6) is 1.04. The summed E-state index contributed by atoms with van der Waals surface area (Å²) in [7, 11) is 0. The molecule has 3 N–H and O–H groups in total. The first-order valence-electron chi connectivity index (χ1n) is 8.86. The van der Waals surface area contributed by atoms with Gasteiger partial charge in [-0.3, -0.25) is 4.79 Å². The first-order valence-corrected chi connectivity index (χ1v) is 9.24. The molecule has 26 heavy (non-hydrogen) atoms. The molecule has 2 aromatic rings. The van der Waals surface area contributed by atoms with Gasteiger partial charge in [-0.1, -0.05) is 43.5 Å². The predicted octanol–water partition coefficient (Wildman–Crippen LogP) is 3.47. The Kier molecular flexibility index (Phi) is 7.43. The Morgan fingerprint density at radius 1 is 1.42 bits per heavy atom. The summed E-state index contributed by atoms with van der Waals surface area (Å²) < 4.78 is 1.71. The summed E-state index contributed by atoms with van der Waals surface area (Å²) in [6.07, 6.45) is 5.08. The number of rotatable bonds is 8. The Morgan fingerprint density at radius 3 is 2.77 bits per heavy atom. The number of unbranched alkanes of at least 4 members (excludes halogenated alkanes) is 1. The average Bonchev–Trinajstić information content (AvgIpc) is 3.37. The van der Waals surface area contributed by atoms with Crippen LogP contribution in [0.2, 0.25) is 5.02 Å². The second-order valence-electron chi connectivity index (χ2n) is 6.48. The van der Waals surface area contributed by atoms with Crippen LogP contribution in [-0.4, -0.2) is 33.3 Å². The van der Waals surface area contributed by atoms with Crippen molar-refractivity contribution in [1.82, 2.24) is 20.1 Å². The molecule has 1 atom stereocenters. The topological polar surface area (TPSA) is 85.8 Å². The molecule has 1 heterocycles. The second-order valence-corrected chi connectivity index (χ2v) is 6.89. The molecule has 0 saturated heterocycles. The molecule has 1 aromatic carbocycles. The SMILES string of the molecule is CCCCC(CN)NC(=O)c1nc(C2CC2)n(-c2ccccc2Cl)n1.Cl. The van der Waals surface area contributed by atoms with E-state index in [0.29, 0.717) is 17.5 Å². The maximum absolute atomic E-state index is 12.6. The largest absolute Gasteiger partial charge is 0.345 e. The van der Waals surface area contributed by atoms with Crippen LogP contribution in [0.4, 0.5) is 0 Å². The zero-order valence-electron chi connectivity index (χ0n) is 14.8. The summed E-state index contributed by atoms with van der Waals surface area (Å²) >= 11 is 6.30. The van der Waals surface area contributed by atoms with Gasteiger partial charge in [0.25, 0.3) is 5.91 Å². The molecule has 1 fully saturated rings. The molecular formula is C18H25Cl2N5O. The highest BCUT2D eigenvalue weighted by atomic mass is 35.5. The lowest BCUT2D eigenvalue weighted by Gasteiger charge is -2.14. The van der Waals surface area contributed by atoms with E-state index in [2.05, 4.69) is 22.3 Å². The number of nitrogens with two attached hydrogens (primary N) is 1. The smallest absolute Gasteiger partial charge is 0.291 e. The molecule has 3 rings (SSSR count). The van der Waals surface area contributed by atoms with Gasteiger partial charge in [0.2, 0.25) is 5.82 Å². The summed E-state index contributed by atoms with van der Waals surface area (Å²) in [6, 6.07) is 7.41. The number of amides is 1. The van der Waals surface area contributed by atoms with Crippen molar-refractivity contribution >= 4 is 29.9 Å². The van der Waals surface area contributed by atoms with Crippen LogP contribution in [0.1, 0.15) is 61.4 Å². The van der Waals surface area contributed by atoms with Crippen LogP contribution < -0.4 is 11.1 Å². The van der Waals surface area contributed by atoms with Gasteiger partial charge in [-0.2, -0.15) is 0 Å². The minimum Gasteiger partial charge on any atom is -0.345 e. The normalized spacial score (nSPS) is 14.6. The molecule has 142 valence electrons. The molecule has 1 aromatic heterocycles. The predicted molar refractivity (Wildman–Crippen MR) is 105 cm³/mol. The van der Waals surface area contributed by atoms with Crippen LogP contribution in [0.5, 0.6) is 0 Å². The van der Waals surface area contributed by atoms with E-state index in [-0.39, 0.29) is 30.2 Å². The molecular weight excluding hydrogens is 373 g/mol. The number of halogens is 2. The monoisotopic (exact) mass is 397 g/mol. The molecule has 1 saturated carbocycles. The van der Waals surface area contributed by atoms with Gasteiger partial charge in [-0.15, -0.1) is 17.5 Å². The van der Waals surface area contributed by atoms with Crippen LogP contribution >= 0.6 is 24.0 Å². The molecule has 0 bridgehead atoms. The molecule has 1 aliphatic rings. The van der Waals surface area contributed by atoms with Crippen LogP contribution in [0.15, 0.2) is 24.3 Å². The highest BCUT2D eigenvalue weighted by Gasteiger charge is 2.32. The van der Waals surface area contributed by atoms with E-state index in [9.17, 15) is 4.79 Å². The lowest BCUT2D eigenvalue weighted by atomic mass is 10.1. The van der Waals surface area contributed by atoms with Gasteiger partial charge in [0.15, 0.2) is 0 Å². The quantitative estimate of drug-likeness (QED) is 0.713. The van der Waals surface area contributed by atoms with Gasteiger partial charge >= 0.3 is 0 Å². The zero-order valence-corrected chi connectivity index (χ0v) is 16.4. The zero-order chi connectivity index (χ0) is 17.8. The molecule has 0 aliphatic heterocycles. The number of hydrogen-bond acceptors (Lipinski definition) is 4. The van der Waals surface area contributed by atoms with Gasteiger partial charge in [-0.25, -0.2) is 9.67 Å². The van der Waals surface area contributed by atoms with E-state index in [0.717, 1.165) is 43.6 Å². The van der Waals surface area contributed by atoms with E-state index in [1.54, 1.807) is 4.68 Å². The van der Waals surface area contributed by atoms with Gasteiger partial charge in [0.1, 0.15) is 5.82 Å². The van der Waals surface area contributed by atoms with Crippen molar-refractivity contribution in [2.75, 3.05) is 6.54 Å². The molecule has 1 amide bonds. The minimum atomic E-state index is -0.278. The first kappa shape index (κ1) is 20.7. The van der Waals surface area contributed by atoms with Gasteiger partial charge in [-0.05, 0) is 31.4 Å². The lowest BCUT2D eigenvalue weighted by molar-refractivity contribution is 0.0925. The maximum Gasteiger partial charge on any atom is 0.291 e. The Hall–Kier alpha value is -1.63. The Balaban J connectivity index is 0.00000243. The fourth-order valence-electron chi connectivity index (χ4n) is 2.78. The van der Waals surface area contributed by atoms with E-state index in [4.69, 9.17) is 17.3 Å². The standard InChI is InChI=1S/C18H24ClN5O.ClH/c1-2-3-6-13(11-20)21-18(25)16-22-17(12-9-10-12)24(23-16)15-8-5-4-7-14(15)19;/h4-5,7-8,12-13H,2-3,6,9-11,20H2,1H3,(H,21,25);1H. The Bertz CT molecular complexity index is 745. The minimum absolute atomic E-state index is 0. The average molecular weight is 398 g/mol. The number of benzene rings is 1. The molecule has 1 aliphatic carbocycles. The molecule has 8 heteroatoms. The van der Waals surface area contributed by atoms with E-state index < -0.39 is 0 Å².